The lowest BCUT2D eigenvalue weighted by Gasteiger charge is -2.22. The number of carboxylic acid groups (broad SMARTS) is 1. The second kappa shape index (κ2) is 8.39. The van der Waals surface area contributed by atoms with Crippen LogP contribution in [-0.2, 0) is 0 Å². The summed E-state index contributed by atoms with van der Waals surface area (Å²) in [5, 5.41) is 19.9. The highest BCUT2D eigenvalue weighted by molar-refractivity contribution is 7.99. The molecule has 22 heavy (non-hydrogen) atoms. The molecule has 0 aromatic heterocycles. The standard InChI is InChI=1S/C15H17FN2O3S/c1-9(2)14(22-8-4-7-17)18-13(19)12-10(15(20)21)5-3-6-11(12)16/h3,5-6,9,14H,4,8H2,1-2H3,(H,18,19)(H,20,21). The number of amides is 1. The largest absolute Gasteiger partial charge is 0.478 e. The molecule has 0 radical (unpaired) electrons. The fraction of sp³-hybridized carbons (Fsp3) is 0.400. The summed E-state index contributed by atoms with van der Waals surface area (Å²) in [7, 11) is 0. The highest BCUT2D eigenvalue weighted by Gasteiger charge is 2.24. The highest BCUT2D eigenvalue weighted by Crippen LogP contribution is 2.20. The summed E-state index contributed by atoms with van der Waals surface area (Å²) in [5.74, 6) is -2.42. The van der Waals surface area contributed by atoms with E-state index in [1.165, 1.54) is 23.9 Å². The van der Waals surface area contributed by atoms with Gasteiger partial charge in [-0.3, -0.25) is 4.79 Å². The predicted octanol–water partition coefficient (Wildman–Crippen LogP) is 2.88. The van der Waals surface area contributed by atoms with E-state index >= 15 is 0 Å². The summed E-state index contributed by atoms with van der Waals surface area (Å²) < 4.78 is 13.8. The van der Waals surface area contributed by atoms with Crippen LogP contribution in [0.2, 0.25) is 0 Å². The minimum atomic E-state index is -1.36. The van der Waals surface area contributed by atoms with Gasteiger partial charge in [-0.15, -0.1) is 11.8 Å². The molecule has 1 aromatic rings. The molecule has 1 aromatic carbocycles. The van der Waals surface area contributed by atoms with Gasteiger partial charge >= 0.3 is 5.97 Å². The first-order valence-corrected chi connectivity index (χ1v) is 7.74. The summed E-state index contributed by atoms with van der Waals surface area (Å²) >= 11 is 1.37. The Morgan fingerprint density at radius 1 is 1.45 bits per heavy atom. The van der Waals surface area contributed by atoms with E-state index in [0.29, 0.717) is 12.2 Å². The van der Waals surface area contributed by atoms with E-state index in [-0.39, 0.29) is 16.9 Å². The first-order chi connectivity index (χ1) is 10.4. The van der Waals surface area contributed by atoms with Crippen molar-refractivity contribution in [1.29, 1.82) is 5.26 Å². The summed E-state index contributed by atoms with van der Waals surface area (Å²) in [6.45, 7) is 3.76. The van der Waals surface area contributed by atoms with Crippen molar-refractivity contribution in [1.82, 2.24) is 5.32 Å². The molecule has 1 unspecified atom stereocenters. The van der Waals surface area contributed by atoms with Gasteiger partial charge in [-0.25, -0.2) is 9.18 Å². The minimum absolute atomic E-state index is 0.0488. The lowest BCUT2D eigenvalue weighted by atomic mass is 10.1. The number of carboxylic acids is 1. The number of carbonyl (C=O) groups excluding carboxylic acids is 1. The zero-order valence-corrected chi connectivity index (χ0v) is 13.1. The molecule has 0 saturated carbocycles. The van der Waals surface area contributed by atoms with Gasteiger partial charge in [0.05, 0.1) is 22.6 Å². The zero-order chi connectivity index (χ0) is 16.7. The smallest absolute Gasteiger partial charge is 0.336 e. The number of hydrogen-bond acceptors (Lipinski definition) is 4. The van der Waals surface area contributed by atoms with E-state index < -0.39 is 23.3 Å². The quantitative estimate of drug-likeness (QED) is 0.594. The maximum Gasteiger partial charge on any atom is 0.336 e. The van der Waals surface area contributed by atoms with Gasteiger partial charge in [-0.2, -0.15) is 5.26 Å². The summed E-state index contributed by atoms with van der Waals surface area (Å²) in [6.07, 6.45) is 0.337. The number of benzene rings is 1. The van der Waals surface area contributed by atoms with Crippen LogP contribution < -0.4 is 5.32 Å². The summed E-state index contributed by atoms with van der Waals surface area (Å²) in [4.78, 5) is 23.4. The molecule has 0 aliphatic carbocycles. The van der Waals surface area contributed by atoms with E-state index in [0.717, 1.165) is 6.07 Å². The monoisotopic (exact) mass is 324 g/mol. The SMILES string of the molecule is CC(C)C(NC(=O)c1c(F)cccc1C(=O)O)SCCC#N. The molecule has 1 amide bonds. The predicted molar refractivity (Wildman–Crippen MR) is 82.1 cm³/mol. The molecule has 118 valence electrons. The van der Waals surface area contributed by atoms with Crippen molar-refractivity contribution in [3.05, 3.63) is 35.1 Å². The highest BCUT2D eigenvalue weighted by atomic mass is 32.2. The van der Waals surface area contributed by atoms with Crippen LogP contribution in [-0.4, -0.2) is 28.1 Å². The molecule has 1 atom stereocenters. The number of nitrogens with zero attached hydrogens (tertiary/aromatic N) is 1. The molecule has 0 spiro atoms. The Balaban J connectivity index is 2.96. The molecule has 0 heterocycles. The zero-order valence-electron chi connectivity index (χ0n) is 12.3. The summed E-state index contributed by atoms with van der Waals surface area (Å²) in [5.41, 5.74) is -0.844. The van der Waals surface area contributed by atoms with Crippen LogP contribution in [0.25, 0.3) is 0 Å². The van der Waals surface area contributed by atoms with E-state index in [2.05, 4.69) is 5.32 Å². The van der Waals surface area contributed by atoms with Gasteiger partial charge in [0.25, 0.3) is 5.91 Å². The molecule has 0 aliphatic heterocycles. The van der Waals surface area contributed by atoms with E-state index in [1.54, 1.807) is 0 Å². The molecule has 1 rings (SSSR count). The molecule has 0 bridgehead atoms. The Morgan fingerprint density at radius 3 is 2.68 bits per heavy atom. The third-order valence-corrected chi connectivity index (χ3v) is 4.32. The van der Waals surface area contributed by atoms with E-state index in [4.69, 9.17) is 10.4 Å². The second-order valence-corrected chi connectivity index (χ2v) is 6.13. The maximum absolute atomic E-state index is 13.8. The Bertz CT molecular complexity index is 599. The van der Waals surface area contributed by atoms with Gasteiger partial charge in [0, 0.05) is 12.2 Å². The normalized spacial score (nSPS) is 11.8. The van der Waals surface area contributed by atoms with Crippen LogP contribution in [0.5, 0.6) is 0 Å². The Hall–Kier alpha value is -2.07. The van der Waals surface area contributed by atoms with Crippen LogP contribution in [0.1, 0.15) is 41.0 Å². The number of rotatable bonds is 7. The number of nitrogens with one attached hydrogen (secondary N) is 1. The van der Waals surface area contributed by atoms with Crippen molar-refractivity contribution in [3.8, 4) is 6.07 Å². The first-order valence-electron chi connectivity index (χ1n) is 6.69. The van der Waals surface area contributed by atoms with Gasteiger partial charge in [-0.1, -0.05) is 19.9 Å². The van der Waals surface area contributed by atoms with Crippen LogP contribution in [0.15, 0.2) is 18.2 Å². The van der Waals surface area contributed by atoms with Gasteiger partial charge in [-0.05, 0) is 18.1 Å². The number of thioether (sulfide) groups is 1. The summed E-state index contributed by atoms with van der Waals surface area (Å²) in [6, 6.07) is 5.49. The fourth-order valence-corrected chi connectivity index (χ4v) is 2.81. The van der Waals surface area contributed by atoms with Gasteiger partial charge in [0.2, 0.25) is 0 Å². The Labute approximate surface area is 132 Å². The first kappa shape index (κ1) is 18.0. The third kappa shape index (κ3) is 4.74. The van der Waals surface area contributed by atoms with Crippen molar-refractivity contribution in [3.63, 3.8) is 0 Å². The topological polar surface area (TPSA) is 90.2 Å². The van der Waals surface area contributed by atoms with Crippen molar-refractivity contribution >= 4 is 23.6 Å². The molecule has 5 nitrogen and oxygen atoms in total. The second-order valence-electron chi connectivity index (χ2n) is 4.88. The number of carbonyl (C=O) groups is 2. The lowest BCUT2D eigenvalue weighted by molar-refractivity contribution is 0.0689. The maximum atomic E-state index is 13.8. The molecule has 0 fully saturated rings. The van der Waals surface area contributed by atoms with Gasteiger partial charge in [0.15, 0.2) is 0 Å². The Kier molecular flexibility index (Phi) is 6.86. The van der Waals surface area contributed by atoms with Crippen LogP contribution in [0.4, 0.5) is 4.39 Å². The average molecular weight is 324 g/mol. The number of hydrogen-bond donors (Lipinski definition) is 2. The molecular weight excluding hydrogens is 307 g/mol. The molecule has 0 aliphatic rings. The van der Waals surface area contributed by atoms with Crippen LogP contribution >= 0.6 is 11.8 Å². The third-order valence-electron chi connectivity index (χ3n) is 2.86. The number of halogens is 1. The van der Waals surface area contributed by atoms with Crippen molar-refractivity contribution in [2.24, 2.45) is 5.92 Å². The molecular formula is C15H17FN2O3S. The Morgan fingerprint density at radius 2 is 2.14 bits per heavy atom. The minimum Gasteiger partial charge on any atom is -0.478 e. The fourth-order valence-electron chi connectivity index (χ4n) is 1.77. The van der Waals surface area contributed by atoms with Gasteiger partial charge < -0.3 is 10.4 Å². The number of nitriles is 1. The van der Waals surface area contributed by atoms with E-state index in [1.807, 2.05) is 19.9 Å². The van der Waals surface area contributed by atoms with E-state index in [9.17, 15) is 14.0 Å². The number of aromatic carboxylic acids is 1. The van der Waals surface area contributed by atoms with Gasteiger partial charge in [0.1, 0.15) is 5.82 Å². The molecule has 0 saturated heterocycles. The average Bonchev–Trinajstić information content (AvgIpc) is 2.45. The van der Waals surface area contributed by atoms with Crippen LogP contribution in [0, 0.1) is 23.1 Å². The van der Waals surface area contributed by atoms with Crippen molar-refractivity contribution in [2.45, 2.75) is 25.6 Å². The van der Waals surface area contributed by atoms with Crippen LogP contribution in [0.3, 0.4) is 0 Å². The van der Waals surface area contributed by atoms with Crippen molar-refractivity contribution < 1.29 is 19.1 Å². The molecule has 7 heteroatoms. The van der Waals surface area contributed by atoms with Crippen molar-refractivity contribution in [2.75, 3.05) is 5.75 Å². The lowest BCUT2D eigenvalue weighted by Crippen LogP contribution is -2.37. The molecule has 2 N–H and O–H groups in total.